The zero-order chi connectivity index (χ0) is 14.8. The van der Waals surface area contributed by atoms with Gasteiger partial charge in [0.1, 0.15) is 11.3 Å². The molecule has 20 heavy (non-hydrogen) atoms. The Morgan fingerprint density at radius 2 is 2.05 bits per heavy atom. The van der Waals surface area contributed by atoms with Gasteiger partial charge in [-0.05, 0) is 44.2 Å². The number of aliphatic carboxylic acids is 1. The predicted octanol–water partition coefficient (Wildman–Crippen LogP) is 1.74. The van der Waals surface area contributed by atoms with Crippen molar-refractivity contribution in [2.45, 2.75) is 32.2 Å². The van der Waals surface area contributed by atoms with Gasteiger partial charge in [0.25, 0.3) is 5.91 Å². The van der Waals surface area contributed by atoms with Crippen LogP contribution in [-0.4, -0.2) is 29.1 Å². The molecule has 2 N–H and O–H groups in total. The number of ether oxygens (including phenoxy) is 1. The molecule has 5 nitrogen and oxygen atoms in total. The minimum atomic E-state index is -1.19. The summed E-state index contributed by atoms with van der Waals surface area (Å²) in [4.78, 5) is 23.2. The van der Waals surface area contributed by atoms with Gasteiger partial charge in [0.15, 0.2) is 6.61 Å². The standard InChI is InChI=1S/C15H19NO4/c1-10-5-3-4-6-12(10)20-9-13(17)16-15(2,14(18)19)11-7-8-11/h3-6,11H,7-9H2,1-2H3,(H,16,17)(H,18,19). The van der Waals surface area contributed by atoms with Crippen LogP contribution in [0.15, 0.2) is 24.3 Å². The number of benzene rings is 1. The van der Waals surface area contributed by atoms with Gasteiger partial charge in [-0.1, -0.05) is 18.2 Å². The number of carbonyl (C=O) groups excluding carboxylic acids is 1. The SMILES string of the molecule is Cc1ccccc1OCC(=O)NC(C)(C(=O)O)C1CC1. The van der Waals surface area contributed by atoms with Crippen LogP contribution in [0, 0.1) is 12.8 Å². The van der Waals surface area contributed by atoms with Crippen molar-refractivity contribution in [2.75, 3.05) is 6.61 Å². The van der Waals surface area contributed by atoms with E-state index < -0.39 is 17.4 Å². The molecule has 1 aliphatic carbocycles. The third kappa shape index (κ3) is 3.10. The van der Waals surface area contributed by atoms with Gasteiger partial charge >= 0.3 is 5.97 Å². The lowest BCUT2D eigenvalue weighted by molar-refractivity contribution is -0.148. The van der Waals surface area contributed by atoms with Crippen molar-refractivity contribution in [1.82, 2.24) is 5.32 Å². The van der Waals surface area contributed by atoms with Gasteiger partial charge in [-0.15, -0.1) is 0 Å². The highest BCUT2D eigenvalue weighted by Crippen LogP contribution is 2.39. The first-order valence-electron chi connectivity index (χ1n) is 6.66. The van der Waals surface area contributed by atoms with E-state index in [4.69, 9.17) is 4.74 Å². The van der Waals surface area contributed by atoms with E-state index in [0.717, 1.165) is 18.4 Å². The van der Waals surface area contributed by atoms with Gasteiger partial charge in [0.05, 0.1) is 0 Å². The molecule has 0 aromatic heterocycles. The Kier molecular flexibility index (Phi) is 3.97. The van der Waals surface area contributed by atoms with Crippen molar-refractivity contribution in [1.29, 1.82) is 0 Å². The van der Waals surface area contributed by atoms with E-state index in [-0.39, 0.29) is 12.5 Å². The number of carboxylic acids is 1. The molecule has 1 fully saturated rings. The van der Waals surface area contributed by atoms with Crippen molar-refractivity contribution in [3.8, 4) is 5.75 Å². The second-order valence-electron chi connectivity index (χ2n) is 5.38. The maximum Gasteiger partial charge on any atom is 0.329 e. The number of nitrogens with one attached hydrogen (secondary N) is 1. The number of amides is 1. The Morgan fingerprint density at radius 3 is 2.60 bits per heavy atom. The molecule has 108 valence electrons. The second-order valence-corrected chi connectivity index (χ2v) is 5.38. The lowest BCUT2D eigenvalue weighted by Crippen LogP contribution is -2.55. The lowest BCUT2D eigenvalue weighted by Gasteiger charge is -2.26. The molecular formula is C15H19NO4. The van der Waals surface area contributed by atoms with Crippen LogP contribution >= 0.6 is 0 Å². The van der Waals surface area contributed by atoms with Crippen LogP contribution < -0.4 is 10.1 Å². The molecule has 1 aromatic rings. The fourth-order valence-corrected chi connectivity index (χ4v) is 2.18. The third-order valence-corrected chi connectivity index (χ3v) is 3.69. The predicted molar refractivity (Wildman–Crippen MR) is 73.6 cm³/mol. The summed E-state index contributed by atoms with van der Waals surface area (Å²) >= 11 is 0. The zero-order valence-corrected chi connectivity index (χ0v) is 11.7. The van der Waals surface area contributed by atoms with E-state index in [1.807, 2.05) is 25.1 Å². The van der Waals surface area contributed by atoms with E-state index in [9.17, 15) is 14.7 Å². The van der Waals surface area contributed by atoms with Crippen molar-refractivity contribution in [3.63, 3.8) is 0 Å². The number of hydrogen-bond acceptors (Lipinski definition) is 3. The molecule has 1 unspecified atom stereocenters. The highest BCUT2D eigenvalue weighted by molar-refractivity contribution is 5.88. The Balaban J connectivity index is 1.92. The molecule has 5 heteroatoms. The number of rotatable bonds is 6. The van der Waals surface area contributed by atoms with E-state index in [1.165, 1.54) is 0 Å². The quantitative estimate of drug-likeness (QED) is 0.830. The zero-order valence-electron chi connectivity index (χ0n) is 11.7. The molecule has 1 aromatic carbocycles. The highest BCUT2D eigenvalue weighted by Gasteiger charge is 2.48. The molecule has 1 amide bonds. The second kappa shape index (κ2) is 5.53. The van der Waals surface area contributed by atoms with E-state index >= 15 is 0 Å². The van der Waals surface area contributed by atoms with E-state index in [0.29, 0.717) is 5.75 Å². The lowest BCUT2D eigenvalue weighted by atomic mass is 9.96. The molecule has 1 aliphatic rings. The fourth-order valence-electron chi connectivity index (χ4n) is 2.18. The normalized spacial score (nSPS) is 17.1. The molecule has 0 aliphatic heterocycles. The van der Waals surface area contributed by atoms with Crippen LogP contribution in [0.25, 0.3) is 0 Å². The first-order chi connectivity index (χ1) is 9.43. The Morgan fingerprint density at radius 1 is 1.40 bits per heavy atom. The monoisotopic (exact) mass is 277 g/mol. The molecule has 0 spiro atoms. The number of aryl methyl sites for hydroxylation is 1. The molecule has 0 heterocycles. The molecule has 2 rings (SSSR count). The third-order valence-electron chi connectivity index (χ3n) is 3.69. The topological polar surface area (TPSA) is 75.6 Å². The highest BCUT2D eigenvalue weighted by atomic mass is 16.5. The van der Waals surface area contributed by atoms with Gasteiger partial charge in [0, 0.05) is 0 Å². The minimum absolute atomic E-state index is 0.0161. The van der Waals surface area contributed by atoms with Crippen molar-refractivity contribution >= 4 is 11.9 Å². The average molecular weight is 277 g/mol. The minimum Gasteiger partial charge on any atom is -0.484 e. The number of carbonyl (C=O) groups is 2. The summed E-state index contributed by atoms with van der Waals surface area (Å²) in [7, 11) is 0. The summed E-state index contributed by atoms with van der Waals surface area (Å²) in [6.45, 7) is 3.26. The number of para-hydroxylation sites is 1. The summed E-state index contributed by atoms with van der Waals surface area (Å²) < 4.78 is 5.42. The van der Waals surface area contributed by atoms with Crippen LogP contribution in [0.3, 0.4) is 0 Å². The summed E-state index contributed by atoms with van der Waals surface area (Å²) in [5.74, 6) is -0.761. The van der Waals surface area contributed by atoms with Gasteiger partial charge in [0.2, 0.25) is 0 Å². The van der Waals surface area contributed by atoms with Crippen molar-refractivity contribution < 1.29 is 19.4 Å². The van der Waals surface area contributed by atoms with Gasteiger partial charge in [-0.25, -0.2) is 4.79 Å². The molecule has 0 saturated heterocycles. The summed E-state index contributed by atoms with van der Waals surface area (Å²) in [5, 5.41) is 11.8. The van der Waals surface area contributed by atoms with Crippen LogP contribution in [0.1, 0.15) is 25.3 Å². The van der Waals surface area contributed by atoms with E-state index in [2.05, 4.69) is 5.32 Å². The molecular weight excluding hydrogens is 258 g/mol. The van der Waals surface area contributed by atoms with Crippen molar-refractivity contribution in [2.24, 2.45) is 5.92 Å². The molecule has 1 saturated carbocycles. The summed E-state index contributed by atoms with van der Waals surface area (Å²) in [6, 6.07) is 7.38. The van der Waals surface area contributed by atoms with Crippen LogP contribution in [0.4, 0.5) is 0 Å². The van der Waals surface area contributed by atoms with Gasteiger partial charge < -0.3 is 15.2 Å². The first kappa shape index (κ1) is 14.4. The number of carboxylic acid groups (broad SMARTS) is 1. The Bertz CT molecular complexity index is 524. The van der Waals surface area contributed by atoms with Gasteiger partial charge in [-0.3, -0.25) is 4.79 Å². The Hall–Kier alpha value is -2.04. The molecule has 0 radical (unpaired) electrons. The molecule has 1 atom stereocenters. The van der Waals surface area contributed by atoms with Gasteiger partial charge in [-0.2, -0.15) is 0 Å². The maximum absolute atomic E-state index is 11.9. The van der Waals surface area contributed by atoms with Crippen molar-refractivity contribution in [3.05, 3.63) is 29.8 Å². The van der Waals surface area contributed by atoms with Crippen LogP contribution in [0.5, 0.6) is 5.75 Å². The Labute approximate surface area is 117 Å². The fraction of sp³-hybridized carbons (Fsp3) is 0.467. The smallest absolute Gasteiger partial charge is 0.329 e. The van der Waals surface area contributed by atoms with Crippen LogP contribution in [-0.2, 0) is 9.59 Å². The first-order valence-corrected chi connectivity index (χ1v) is 6.66. The summed E-state index contributed by atoms with van der Waals surface area (Å²) in [5.41, 5.74) is -0.255. The molecule has 0 bridgehead atoms. The van der Waals surface area contributed by atoms with E-state index in [1.54, 1.807) is 13.0 Å². The van der Waals surface area contributed by atoms with Crippen LogP contribution in [0.2, 0.25) is 0 Å². The average Bonchev–Trinajstić information content (AvgIpc) is 3.22. The number of hydrogen-bond donors (Lipinski definition) is 2. The largest absolute Gasteiger partial charge is 0.484 e. The summed E-state index contributed by atoms with van der Waals surface area (Å²) in [6.07, 6.45) is 1.67. The maximum atomic E-state index is 11.9.